The first kappa shape index (κ1) is 17.3. The fourth-order valence-electron chi connectivity index (χ4n) is 2.53. The molecule has 7 heteroatoms. The molecule has 4 nitrogen and oxygen atoms in total. The molecule has 1 aliphatic heterocycles. The van der Waals surface area contributed by atoms with Crippen LogP contribution in [0, 0.1) is 11.6 Å². The number of hydrogen-bond donors (Lipinski definition) is 0. The zero-order chi connectivity index (χ0) is 16.2. The van der Waals surface area contributed by atoms with Gasteiger partial charge in [-0.3, -0.25) is 0 Å². The van der Waals surface area contributed by atoms with Crippen molar-refractivity contribution in [3.63, 3.8) is 0 Å². The molecule has 0 radical (unpaired) electrons. The monoisotopic (exact) mass is 333 g/mol. The minimum atomic E-state index is -3.44. The summed E-state index contributed by atoms with van der Waals surface area (Å²) in [7, 11) is -3.44. The first-order valence-corrected chi connectivity index (χ1v) is 9.06. The number of halogens is 2. The molecule has 0 N–H and O–H groups in total. The smallest absolute Gasteiger partial charge is 0.214 e. The van der Waals surface area contributed by atoms with Gasteiger partial charge in [-0.15, -0.1) is 0 Å². The lowest BCUT2D eigenvalue weighted by Crippen LogP contribution is -2.33. The van der Waals surface area contributed by atoms with Crippen LogP contribution >= 0.6 is 0 Å². The molecule has 22 heavy (non-hydrogen) atoms. The number of hydrogen-bond acceptors (Lipinski definition) is 3. The van der Waals surface area contributed by atoms with Crippen LogP contribution in [0.25, 0.3) is 0 Å². The van der Waals surface area contributed by atoms with Crippen molar-refractivity contribution in [2.75, 3.05) is 18.9 Å². The van der Waals surface area contributed by atoms with Crippen LogP contribution in [0.1, 0.15) is 31.7 Å². The molecule has 1 atom stereocenters. The van der Waals surface area contributed by atoms with Crippen LogP contribution in [0.15, 0.2) is 18.2 Å². The van der Waals surface area contributed by atoms with Crippen LogP contribution in [-0.4, -0.2) is 37.7 Å². The average Bonchev–Trinajstić information content (AvgIpc) is 2.99. The van der Waals surface area contributed by atoms with E-state index in [0.29, 0.717) is 18.6 Å². The lowest BCUT2D eigenvalue weighted by atomic mass is 10.2. The molecule has 0 aliphatic carbocycles. The molecule has 1 heterocycles. The molecule has 124 valence electrons. The van der Waals surface area contributed by atoms with Gasteiger partial charge in [0.05, 0.1) is 11.9 Å². The van der Waals surface area contributed by atoms with Gasteiger partial charge in [-0.1, -0.05) is 13.0 Å². The van der Waals surface area contributed by atoms with Crippen LogP contribution in [0.5, 0.6) is 0 Å². The third kappa shape index (κ3) is 4.47. The van der Waals surface area contributed by atoms with E-state index >= 15 is 0 Å². The van der Waals surface area contributed by atoms with E-state index in [1.165, 1.54) is 10.4 Å². The maximum Gasteiger partial charge on any atom is 0.214 e. The van der Waals surface area contributed by atoms with Gasteiger partial charge in [-0.2, -0.15) is 4.31 Å². The van der Waals surface area contributed by atoms with Crippen molar-refractivity contribution in [1.82, 2.24) is 4.31 Å². The Bertz CT molecular complexity index is 601. The number of sulfonamides is 1. The predicted octanol–water partition coefficient (Wildman–Crippen LogP) is 2.69. The van der Waals surface area contributed by atoms with Gasteiger partial charge in [0.25, 0.3) is 0 Å². The second-order valence-electron chi connectivity index (χ2n) is 5.41. The molecule has 0 amide bonds. The number of nitrogens with zero attached hydrogens (tertiary/aromatic N) is 1. The van der Waals surface area contributed by atoms with E-state index in [9.17, 15) is 17.2 Å². The summed E-state index contributed by atoms with van der Waals surface area (Å²) in [6.45, 7) is 2.75. The van der Waals surface area contributed by atoms with Crippen LogP contribution in [-0.2, 0) is 21.3 Å². The summed E-state index contributed by atoms with van der Waals surface area (Å²) in [6.07, 6.45) is 2.34. The summed E-state index contributed by atoms with van der Waals surface area (Å²) in [5, 5.41) is 0. The van der Waals surface area contributed by atoms with E-state index in [1.807, 2.05) is 0 Å². The summed E-state index contributed by atoms with van der Waals surface area (Å²) >= 11 is 0. The topological polar surface area (TPSA) is 46.6 Å². The molecule has 0 saturated carbocycles. The molecule has 0 aromatic heterocycles. The van der Waals surface area contributed by atoms with Gasteiger partial charge in [-0.25, -0.2) is 17.2 Å². The lowest BCUT2D eigenvalue weighted by Gasteiger charge is -2.21. The highest BCUT2D eigenvalue weighted by Crippen LogP contribution is 2.18. The van der Waals surface area contributed by atoms with Crippen molar-refractivity contribution in [2.24, 2.45) is 0 Å². The van der Waals surface area contributed by atoms with Crippen LogP contribution in [0.4, 0.5) is 8.78 Å². The van der Waals surface area contributed by atoms with Crippen LogP contribution < -0.4 is 0 Å². The Balaban J connectivity index is 2.00. The number of benzene rings is 1. The molecule has 0 spiro atoms. The van der Waals surface area contributed by atoms with Crippen LogP contribution in [0.2, 0.25) is 0 Å². The second kappa shape index (κ2) is 7.48. The highest BCUT2D eigenvalue weighted by Gasteiger charge is 2.24. The van der Waals surface area contributed by atoms with Crippen LogP contribution in [0.3, 0.4) is 0 Å². The van der Waals surface area contributed by atoms with E-state index in [4.69, 9.17) is 4.74 Å². The highest BCUT2D eigenvalue weighted by molar-refractivity contribution is 7.89. The van der Waals surface area contributed by atoms with E-state index < -0.39 is 21.7 Å². The highest BCUT2D eigenvalue weighted by atomic mass is 32.2. The van der Waals surface area contributed by atoms with Gasteiger partial charge in [0.15, 0.2) is 11.6 Å². The summed E-state index contributed by atoms with van der Waals surface area (Å²) in [5.41, 5.74) is 0.432. The Morgan fingerprint density at radius 3 is 2.68 bits per heavy atom. The molecular formula is C15H21F2NO3S. The zero-order valence-electron chi connectivity index (χ0n) is 12.6. The quantitative estimate of drug-likeness (QED) is 0.771. The third-order valence-electron chi connectivity index (χ3n) is 3.81. The largest absolute Gasteiger partial charge is 0.378 e. The van der Waals surface area contributed by atoms with Gasteiger partial charge in [0.2, 0.25) is 10.0 Å². The maximum atomic E-state index is 13.2. The summed E-state index contributed by atoms with van der Waals surface area (Å²) < 4.78 is 57.6. The molecule has 1 fully saturated rings. The van der Waals surface area contributed by atoms with Gasteiger partial charge >= 0.3 is 0 Å². The lowest BCUT2D eigenvalue weighted by molar-refractivity contribution is 0.108. The standard InChI is InChI=1S/C15H21F2NO3S/c1-2-18(11-12-5-6-14(16)15(17)10-12)22(19,20)9-7-13-4-3-8-21-13/h5-6,10,13H,2-4,7-9,11H2,1H3/t13-/m1/s1. The average molecular weight is 333 g/mol. The Morgan fingerprint density at radius 1 is 1.32 bits per heavy atom. The predicted molar refractivity (Wildman–Crippen MR) is 79.8 cm³/mol. The summed E-state index contributed by atoms with van der Waals surface area (Å²) in [5.74, 6) is -1.90. The fraction of sp³-hybridized carbons (Fsp3) is 0.600. The number of rotatable bonds is 7. The fourth-order valence-corrected chi connectivity index (χ4v) is 4.09. The van der Waals surface area contributed by atoms with Crippen molar-refractivity contribution in [1.29, 1.82) is 0 Å². The molecule has 1 aromatic carbocycles. The maximum absolute atomic E-state index is 13.2. The van der Waals surface area contributed by atoms with E-state index in [1.54, 1.807) is 6.92 Å². The van der Waals surface area contributed by atoms with Gasteiger partial charge in [0, 0.05) is 19.7 Å². The van der Waals surface area contributed by atoms with Crippen molar-refractivity contribution < 1.29 is 21.9 Å². The molecule has 1 aromatic rings. The summed E-state index contributed by atoms with van der Waals surface area (Å²) in [6, 6.07) is 3.45. The van der Waals surface area contributed by atoms with Crippen molar-refractivity contribution in [3.05, 3.63) is 35.4 Å². The van der Waals surface area contributed by atoms with Crippen molar-refractivity contribution >= 4 is 10.0 Å². The molecule has 0 bridgehead atoms. The second-order valence-corrected chi connectivity index (χ2v) is 7.50. The van der Waals surface area contributed by atoms with Gasteiger partial charge in [0.1, 0.15) is 0 Å². The van der Waals surface area contributed by atoms with Crippen molar-refractivity contribution in [2.45, 2.75) is 38.8 Å². The Kier molecular flexibility index (Phi) is 5.88. The molecule has 1 aliphatic rings. The number of ether oxygens (including phenoxy) is 1. The van der Waals surface area contributed by atoms with E-state index in [2.05, 4.69) is 0 Å². The van der Waals surface area contributed by atoms with Gasteiger partial charge in [-0.05, 0) is 37.0 Å². The third-order valence-corrected chi connectivity index (χ3v) is 5.74. The van der Waals surface area contributed by atoms with E-state index in [-0.39, 0.29) is 24.9 Å². The normalized spacial score (nSPS) is 19.0. The zero-order valence-corrected chi connectivity index (χ0v) is 13.4. The Labute approximate surface area is 130 Å². The SMILES string of the molecule is CCN(Cc1ccc(F)c(F)c1)S(=O)(=O)CC[C@H]1CCCO1. The molecule has 1 saturated heterocycles. The van der Waals surface area contributed by atoms with Gasteiger partial charge < -0.3 is 4.74 Å². The minimum absolute atomic E-state index is 0.00911. The minimum Gasteiger partial charge on any atom is -0.378 e. The first-order valence-electron chi connectivity index (χ1n) is 7.45. The summed E-state index contributed by atoms with van der Waals surface area (Å²) in [4.78, 5) is 0. The molecule has 2 rings (SSSR count). The molecule has 0 unspecified atom stereocenters. The first-order chi connectivity index (χ1) is 10.4. The van der Waals surface area contributed by atoms with Crippen molar-refractivity contribution in [3.8, 4) is 0 Å². The Hall–Kier alpha value is -1.05. The van der Waals surface area contributed by atoms with E-state index in [0.717, 1.165) is 25.0 Å². The Morgan fingerprint density at radius 2 is 2.09 bits per heavy atom. The molecular weight excluding hydrogens is 312 g/mol.